The molecular formula is C16H18N2O2. The third kappa shape index (κ3) is 3.66. The maximum atomic E-state index is 11.0. The summed E-state index contributed by atoms with van der Waals surface area (Å²) >= 11 is 0. The first-order chi connectivity index (χ1) is 9.70. The summed E-state index contributed by atoms with van der Waals surface area (Å²) in [5.74, 6) is -0.429. The zero-order valence-electron chi connectivity index (χ0n) is 11.1. The van der Waals surface area contributed by atoms with Gasteiger partial charge in [0.2, 0.25) is 5.91 Å². The SMILES string of the molecule is NC(=O)c1ccc(CN[C@@H](CO)c2ccccc2)cc1. The molecule has 0 heterocycles. The molecule has 20 heavy (non-hydrogen) atoms. The van der Waals surface area contributed by atoms with Crippen LogP contribution < -0.4 is 11.1 Å². The molecule has 0 saturated carbocycles. The van der Waals surface area contributed by atoms with Gasteiger partial charge in [-0.2, -0.15) is 0 Å². The van der Waals surface area contributed by atoms with Crippen molar-refractivity contribution in [2.24, 2.45) is 5.73 Å². The van der Waals surface area contributed by atoms with Gasteiger partial charge in [0.05, 0.1) is 12.6 Å². The van der Waals surface area contributed by atoms with Crippen LogP contribution in [0.25, 0.3) is 0 Å². The molecule has 1 atom stereocenters. The number of nitrogens with two attached hydrogens (primary N) is 1. The van der Waals surface area contributed by atoms with Crippen LogP contribution >= 0.6 is 0 Å². The maximum Gasteiger partial charge on any atom is 0.248 e. The third-order valence-electron chi connectivity index (χ3n) is 3.18. The van der Waals surface area contributed by atoms with E-state index in [2.05, 4.69) is 5.32 Å². The number of aliphatic hydroxyl groups is 1. The molecule has 0 unspecified atom stereocenters. The van der Waals surface area contributed by atoms with Crippen LogP contribution in [0.3, 0.4) is 0 Å². The molecule has 0 aromatic heterocycles. The van der Waals surface area contributed by atoms with Crippen LogP contribution in [0.2, 0.25) is 0 Å². The van der Waals surface area contributed by atoms with E-state index in [0.29, 0.717) is 12.1 Å². The fraction of sp³-hybridized carbons (Fsp3) is 0.188. The number of carbonyl (C=O) groups is 1. The molecule has 0 fully saturated rings. The Kier molecular flexibility index (Phi) is 4.87. The van der Waals surface area contributed by atoms with Crippen molar-refractivity contribution in [1.29, 1.82) is 0 Å². The zero-order chi connectivity index (χ0) is 14.4. The summed E-state index contributed by atoms with van der Waals surface area (Å²) in [7, 11) is 0. The summed E-state index contributed by atoms with van der Waals surface area (Å²) in [5.41, 5.74) is 7.77. The molecule has 0 aliphatic heterocycles. The predicted molar refractivity (Wildman–Crippen MR) is 78.1 cm³/mol. The lowest BCUT2D eigenvalue weighted by Crippen LogP contribution is -2.24. The van der Waals surface area contributed by atoms with Gasteiger partial charge in [-0.25, -0.2) is 0 Å². The molecule has 0 radical (unpaired) electrons. The van der Waals surface area contributed by atoms with Crippen molar-refractivity contribution in [3.8, 4) is 0 Å². The molecule has 0 saturated heterocycles. The molecule has 1 amide bonds. The fourth-order valence-corrected chi connectivity index (χ4v) is 2.00. The summed E-state index contributed by atoms with van der Waals surface area (Å²) < 4.78 is 0. The van der Waals surface area contributed by atoms with Gasteiger partial charge in [0.15, 0.2) is 0 Å². The van der Waals surface area contributed by atoms with Crippen LogP contribution in [0.15, 0.2) is 54.6 Å². The Morgan fingerprint density at radius 3 is 2.30 bits per heavy atom. The second-order valence-corrected chi connectivity index (χ2v) is 4.59. The van der Waals surface area contributed by atoms with E-state index < -0.39 is 5.91 Å². The lowest BCUT2D eigenvalue weighted by Gasteiger charge is -2.16. The van der Waals surface area contributed by atoms with Crippen molar-refractivity contribution >= 4 is 5.91 Å². The minimum atomic E-state index is -0.429. The number of primary amides is 1. The van der Waals surface area contributed by atoms with Gasteiger partial charge < -0.3 is 16.2 Å². The first-order valence-electron chi connectivity index (χ1n) is 6.48. The van der Waals surface area contributed by atoms with E-state index in [4.69, 9.17) is 5.73 Å². The average Bonchev–Trinajstić information content (AvgIpc) is 2.49. The summed E-state index contributed by atoms with van der Waals surface area (Å²) in [5, 5.41) is 12.7. The Labute approximate surface area is 118 Å². The van der Waals surface area contributed by atoms with E-state index in [1.54, 1.807) is 12.1 Å². The number of nitrogens with one attached hydrogen (secondary N) is 1. The lowest BCUT2D eigenvalue weighted by atomic mass is 10.1. The van der Waals surface area contributed by atoms with Gasteiger partial charge in [-0.15, -0.1) is 0 Å². The van der Waals surface area contributed by atoms with Gasteiger partial charge in [-0.3, -0.25) is 4.79 Å². The summed E-state index contributed by atoms with van der Waals surface area (Å²) in [6, 6.07) is 16.8. The minimum absolute atomic E-state index is 0.0311. The first kappa shape index (κ1) is 14.2. The standard InChI is InChI=1S/C16H18N2O2/c17-16(20)14-8-6-12(7-9-14)10-18-15(11-19)13-4-2-1-3-5-13/h1-9,15,18-19H,10-11H2,(H2,17,20)/t15-/m0/s1. The van der Waals surface area contributed by atoms with Crippen LogP contribution in [0.4, 0.5) is 0 Å². The summed E-state index contributed by atoms with van der Waals surface area (Å²) in [6.45, 7) is 0.641. The maximum absolute atomic E-state index is 11.0. The summed E-state index contributed by atoms with van der Waals surface area (Å²) in [6.07, 6.45) is 0. The van der Waals surface area contributed by atoms with Crippen LogP contribution in [0.5, 0.6) is 0 Å². The van der Waals surface area contributed by atoms with E-state index in [1.165, 1.54) is 0 Å². The number of aliphatic hydroxyl groups excluding tert-OH is 1. The number of carbonyl (C=O) groups excluding carboxylic acids is 1. The Morgan fingerprint density at radius 1 is 1.10 bits per heavy atom. The molecule has 4 N–H and O–H groups in total. The van der Waals surface area contributed by atoms with E-state index >= 15 is 0 Å². The van der Waals surface area contributed by atoms with Crippen molar-refractivity contribution in [3.63, 3.8) is 0 Å². The van der Waals surface area contributed by atoms with E-state index in [9.17, 15) is 9.90 Å². The van der Waals surface area contributed by atoms with Crippen LogP contribution in [-0.2, 0) is 6.54 Å². The lowest BCUT2D eigenvalue weighted by molar-refractivity contribution is 0.100. The highest BCUT2D eigenvalue weighted by Crippen LogP contribution is 2.13. The Bertz CT molecular complexity index is 552. The van der Waals surface area contributed by atoms with Crippen molar-refractivity contribution in [3.05, 3.63) is 71.3 Å². The quantitative estimate of drug-likeness (QED) is 0.746. The zero-order valence-corrected chi connectivity index (χ0v) is 11.1. The number of rotatable bonds is 6. The van der Waals surface area contributed by atoms with Crippen molar-refractivity contribution in [2.75, 3.05) is 6.61 Å². The monoisotopic (exact) mass is 270 g/mol. The number of amides is 1. The molecule has 0 bridgehead atoms. The molecule has 2 aromatic carbocycles. The predicted octanol–water partition coefficient (Wildman–Crippen LogP) is 1.61. The number of hydrogen-bond acceptors (Lipinski definition) is 3. The van der Waals surface area contributed by atoms with Gasteiger partial charge in [0, 0.05) is 12.1 Å². The van der Waals surface area contributed by atoms with E-state index in [0.717, 1.165) is 11.1 Å². The van der Waals surface area contributed by atoms with Crippen LogP contribution in [0, 0.1) is 0 Å². The van der Waals surface area contributed by atoms with Crippen LogP contribution in [0.1, 0.15) is 27.5 Å². The molecule has 0 spiro atoms. The first-order valence-corrected chi connectivity index (χ1v) is 6.48. The van der Waals surface area contributed by atoms with Gasteiger partial charge in [0.25, 0.3) is 0 Å². The normalized spacial score (nSPS) is 12.1. The largest absolute Gasteiger partial charge is 0.394 e. The highest BCUT2D eigenvalue weighted by molar-refractivity contribution is 5.92. The molecule has 2 aromatic rings. The third-order valence-corrected chi connectivity index (χ3v) is 3.18. The molecule has 4 heteroatoms. The Hall–Kier alpha value is -2.17. The topological polar surface area (TPSA) is 75.4 Å². The van der Waals surface area contributed by atoms with Crippen molar-refractivity contribution in [1.82, 2.24) is 5.32 Å². The van der Waals surface area contributed by atoms with Gasteiger partial charge in [-0.05, 0) is 23.3 Å². The Balaban J connectivity index is 1.98. The van der Waals surface area contributed by atoms with E-state index in [-0.39, 0.29) is 12.6 Å². The van der Waals surface area contributed by atoms with Gasteiger partial charge in [0.1, 0.15) is 0 Å². The fourth-order valence-electron chi connectivity index (χ4n) is 2.00. The van der Waals surface area contributed by atoms with Crippen molar-refractivity contribution in [2.45, 2.75) is 12.6 Å². The average molecular weight is 270 g/mol. The van der Waals surface area contributed by atoms with Crippen LogP contribution in [-0.4, -0.2) is 17.6 Å². The van der Waals surface area contributed by atoms with Gasteiger partial charge in [-0.1, -0.05) is 42.5 Å². The number of hydrogen-bond donors (Lipinski definition) is 3. The second kappa shape index (κ2) is 6.84. The molecule has 4 nitrogen and oxygen atoms in total. The van der Waals surface area contributed by atoms with E-state index in [1.807, 2.05) is 42.5 Å². The van der Waals surface area contributed by atoms with Gasteiger partial charge >= 0.3 is 0 Å². The highest BCUT2D eigenvalue weighted by Gasteiger charge is 2.09. The minimum Gasteiger partial charge on any atom is -0.394 e. The van der Waals surface area contributed by atoms with Crippen molar-refractivity contribution < 1.29 is 9.90 Å². The Morgan fingerprint density at radius 2 is 1.75 bits per heavy atom. The smallest absolute Gasteiger partial charge is 0.248 e. The molecular weight excluding hydrogens is 252 g/mol. The molecule has 0 aliphatic rings. The molecule has 104 valence electrons. The molecule has 2 rings (SSSR count). The summed E-state index contributed by atoms with van der Waals surface area (Å²) in [4.78, 5) is 11.0. The molecule has 0 aliphatic carbocycles. The highest BCUT2D eigenvalue weighted by atomic mass is 16.3. The second-order valence-electron chi connectivity index (χ2n) is 4.59. The number of benzene rings is 2.